The van der Waals surface area contributed by atoms with Gasteiger partial charge in [0.05, 0.1) is 11.6 Å². The Morgan fingerprint density at radius 2 is 2.36 bits per heavy atom. The van der Waals surface area contributed by atoms with Crippen molar-refractivity contribution < 1.29 is 5.11 Å². The Morgan fingerprint density at radius 3 is 2.93 bits per heavy atom. The van der Waals surface area contributed by atoms with Crippen LogP contribution in [0.25, 0.3) is 5.82 Å². The first-order chi connectivity index (χ1) is 6.81. The van der Waals surface area contributed by atoms with Gasteiger partial charge in [-0.3, -0.25) is 0 Å². The Hall–Kier alpha value is -1.46. The van der Waals surface area contributed by atoms with Crippen molar-refractivity contribution in [1.29, 1.82) is 0 Å². The van der Waals surface area contributed by atoms with Gasteiger partial charge in [0.25, 0.3) is 0 Å². The van der Waals surface area contributed by atoms with Gasteiger partial charge in [-0.15, -0.1) is 0 Å². The number of hydrogen-bond acceptors (Lipinski definition) is 4. The van der Waals surface area contributed by atoms with E-state index in [9.17, 15) is 0 Å². The van der Waals surface area contributed by atoms with Crippen LogP contribution in [0.2, 0.25) is 5.02 Å². The van der Waals surface area contributed by atoms with Gasteiger partial charge >= 0.3 is 0 Å². The van der Waals surface area contributed by atoms with Crippen LogP contribution in [0.1, 0.15) is 5.56 Å². The van der Waals surface area contributed by atoms with Crippen LogP contribution in [0, 0.1) is 0 Å². The van der Waals surface area contributed by atoms with E-state index in [1.165, 1.54) is 17.3 Å². The number of hydrogen-bond donors (Lipinski definition) is 1. The lowest BCUT2D eigenvalue weighted by atomic mass is 10.3. The molecule has 0 radical (unpaired) electrons. The molecule has 0 saturated heterocycles. The molecule has 5 nitrogen and oxygen atoms in total. The van der Waals surface area contributed by atoms with E-state index in [0.29, 0.717) is 16.4 Å². The van der Waals surface area contributed by atoms with E-state index in [2.05, 4.69) is 15.1 Å². The predicted molar refractivity (Wildman–Crippen MR) is 50.1 cm³/mol. The van der Waals surface area contributed by atoms with E-state index < -0.39 is 0 Å². The summed E-state index contributed by atoms with van der Waals surface area (Å²) in [5.41, 5.74) is 0.666. The maximum absolute atomic E-state index is 8.85. The molecule has 2 aromatic rings. The number of pyridine rings is 1. The average Bonchev–Trinajstić information content (AvgIpc) is 2.70. The molecule has 0 unspecified atom stereocenters. The third-order valence-electron chi connectivity index (χ3n) is 1.70. The summed E-state index contributed by atoms with van der Waals surface area (Å²) in [7, 11) is 0. The number of halogens is 1. The van der Waals surface area contributed by atoms with Gasteiger partial charge in [0, 0.05) is 6.20 Å². The zero-order valence-corrected chi connectivity index (χ0v) is 7.89. The predicted octanol–water partition coefficient (Wildman–Crippen LogP) is 0.808. The van der Waals surface area contributed by atoms with Gasteiger partial charge < -0.3 is 5.11 Å². The molecule has 0 amide bonds. The lowest BCUT2D eigenvalue weighted by Gasteiger charge is -2.03. The standard InChI is InChI=1S/C8H7ClN4O/c9-7-1-6(3-14)2-11-8(7)13-5-10-4-12-13/h1-2,4-5,14H,3H2. The molecule has 0 aromatic carbocycles. The molecule has 14 heavy (non-hydrogen) atoms. The second-order valence-electron chi connectivity index (χ2n) is 2.65. The molecule has 0 bridgehead atoms. The second-order valence-corrected chi connectivity index (χ2v) is 3.05. The highest BCUT2D eigenvalue weighted by atomic mass is 35.5. The van der Waals surface area contributed by atoms with Gasteiger partial charge in [0.1, 0.15) is 12.7 Å². The monoisotopic (exact) mass is 210 g/mol. The fourth-order valence-corrected chi connectivity index (χ4v) is 1.32. The fourth-order valence-electron chi connectivity index (χ4n) is 1.04. The van der Waals surface area contributed by atoms with Crippen molar-refractivity contribution in [2.45, 2.75) is 6.61 Å². The van der Waals surface area contributed by atoms with Crippen LogP contribution >= 0.6 is 11.6 Å². The molecular weight excluding hydrogens is 204 g/mol. The first-order valence-corrected chi connectivity index (χ1v) is 4.29. The average molecular weight is 211 g/mol. The van der Waals surface area contributed by atoms with Crippen molar-refractivity contribution in [2.75, 3.05) is 0 Å². The second kappa shape index (κ2) is 3.73. The topological polar surface area (TPSA) is 63.8 Å². The minimum atomic E-state index is -0.0790. The first kappa shape index (κ1) is 9.11. The molecular formula is C8H7ClN4O. The van der Waals surface area contributed by atoms with Crippen molar-refractivity contribution in [3.63, 3.8) is 0 Å². The third-order valence-corrected chi connectivity index (χ3v) is 1.97. The summed E-state index contributed by atoms with van der Waals surface area (Å²) in [6, 6.07) is 1.64. The van der Waals surface area contributed by atoms with Crippen molar-refractivity contribution >= 4 is 11.6 Å². The molecule has 6 heteroatoms. The molecule has 0 aliphatic rings. The molecule has 72 valence electrons. The molecule has 0 aliphatic carbocycles. The largest absolute Gasteiger partial charge is 0.392 e. The Kier molecular flexibility index (Phi) is 2.43. The molecule has 2 heterocycles. The Balaban J connectivity index is 2.46. The van der Waals surface area contributed by atoms with Crippen molar-refractivity contribution in [1.82, 2.24) is 19.7 Å². The summed E-state index contributed by atoms with van der Waals surface area (Å²) in [6.45, 7) is -0.0790. The van der Waals surface area contributed by atoms with E-state index in [0.717, 1.165) is 0 Å². The Labute approximate surface area is 85.0 Å². The van der Waals surface area contributed by atoms with Crippen LogP contribution in [0.5, 0.6) is 0 Å². The maximum atomic E-state index is 8.85. The molecule has 1 N–H and O–H groups in total. The molecule has 0 saturated carbocycles. The summed E-state index contributed by atoms with van der Waals surface area (Å²) in [4.78, 5) is 7.85. The SMILES string of the molecule is OCc1cnc(-n2cncn2)c(Cl)c1. The summed E-state index contributed by atoms with van der Waals surface area (Å²) in [6.07, 6.45) is 4.45. The number of aliphatic hydroxyl groups excluding tert-OH is 1. The normalized spacial score (nSPS) is 10.4. The highest BCUT2D eigenvalue weighted by Crippen LogP contribution is 2.17. The van der Waals surface area contributed by atoms with E-state index in [-0.39, 0.29) is 6.61 Å². The quantitative estimate of drug-likeness (QED) is 0.797. The van der Waals surface area contributed by atoms with Gasteiger partial charge in [-0.2, -0.15) is 5.10 Å². The molecule has 0 fully saturated rings. The van der Waals surface area contributed by atoms with Crippen LogP contribution in [-0.2, 0) is 6.61 Å². The lowest BCUT2D eigenvalue weighted by Crippen LogP contribution is -2.00. The minimum Gasteiger partial charge on any atom is -0.392 e. The van der Waals surface area contributed by atoms with E-state index in [4.69, 9.17) is 16.7 Å². The summed E-state index contributed by atoms with van der Waals surface area (Å²) in [5.74, 6) is 0.501. The molecule has 0 spiro atoms. The number of aromatic nitrogens is 4. The molecule has 0 atom stereocenters. The Bertz CT molecular complexity index is 429. The molecule has 2 aromatic heterocycles. The van der Waals surface area contributed by atoms with Crippen molar-refractivity contribution in [3.05, 3.63) is 35.5 Å². The van der Waals surface area contributed by atoms with E-state index >= 15 is 0 Å². The zero-order chi connectivity index (χ0) is 9.97. The number of aliphatic hydroxyl groups is 1. The van der Waals surface area contributed by atoms with Gasteiger partial charge in [-0.25, -0.2) is 14.6 Å². The fraction of sp³-hybridized carbons (Fsp3) is 0.125. The molecule has 0 aliphatic heterocycles. The third kappa shape index (κ3) is 1.59. The summed E-state index contributed by atoms with van der Waals surface area (Å²) >= 11 is 5.94. The van der Waals surface area contributed by atoms with Gasteiger partial charge in [0.2, 0.25) is 0 Å². The van der Waals surface area contributed by atoms with E-state index in [1.54, 1.807) is 12.3 Å². The van der Waals surface area contributed by atoms with Crippen molar-refractivity contribution in [3.8, 4) is 5.82 Å². The van der Waals surface area contributed by atoms with Crippen LogP contribution in [0.3, 0.4) is 0 Å². The van der Waals surface area contributed by atoms with Crippen molar-refractivity contribution in [2.24, 2.45) is 0 Å². The van der Waals surface area contributed by atoms with Crippen LogP contribution in [-0.4, -0.2) is 24.9 Å². The molecule has 2 rings (SSSR count). The lowest BCUT2D eigenvalue weighted by molar-refractivity contribution is 0.281. The van der Waals surface area contributed by atoms with Crippen LogP contribution < -0.4 is 0 Å². The number of rotatable bonds is 2. The van der Waals surface area contributed by atoms with Gasteiger partial charge in [-0.05, 0) is 11.6 Å². The van der Waals surface area contributed by atoms with E-state index in [1.807, 2.05) is 0 Å². The highest BCUT2D eigenvalue weighted by Gasteiger charge is 2.05. The van der Waals surface area contributed by atoms with Gasteiger partial charge in [-0.1, -0.05) is 11.6 Å². The summed E-state index contributed by atoms with van der Waals surface area (Å²) < 4.78 is 1.46. The summed E-state index contributed by atoms with van der Waals surface area (Å²) in [5, 5.41) is 13.2. The van der Waals surface area contributed by atoms with Crippen LogP contribution in [0.15, 0.2) is 24.9 Å². The Morgan fingerprint density at radius 1 is 1.50 bits per heavy atom. The van der Waals surface area contributed by atoms with Gasteiger partial charge in [0.15, 0.2) is 5.82 Å². The highest BCUT2D eigenvalue weighted by molar-refractivity contribution is 6.32. The maximum Gasteiger partial charge on any atom is 0.173 e. The van der Waals surface area contributed by atoms with Crippen LogP contribution in [0.4, 0.5) is 0 Å². The number of nitrogens with zero attached hydrogens (tertiary/aromatic N) is 4. The first-order valence-electron chi connectivity index (χ1n) is 3.91. The zero-order valence-electron chi connectivity index (χ0n) is 7.13. The smallest absolute Gasteiger partial charge is 0.173 e. The minimum absolute atomic E-state index is 0.0790.